The third kappa shape index (κ3) is 1.82. The molecule has 0 unspecified atom stereocenters. The molecular formula is C16H16N. The molecule has 85 valence electrons. The average Bonchev–Trinajstić information content (AvgIpc) is 2.66. The van der Waals surface area contributed by atoms with Crippen molar-refractivity contribution in [3.63, 3.8) is 0 Å². The standard InChI is InChI=1S/C16H16N/c1-11(2)9-12-7-8-16-14(10-12)13-5-3-4-6-15(13)17-16/h3-8,10,17H,9H2,1-2H3. The van der Waals surface area contributed by atoms with Gasteiger partial charge in [0.25, 0.3) is 0 Å². The highest BCUT2D eigenvalue weighted by Crippen LogP contribution is 2.26. The zero-order valence-electron chi connectivity index (χ0n) is 10.2. The smallest absolute Gasteiger partial charge is 0.0465 e. The molecule has 0 saturated heterocycles. The van der Waals surface area contributed by atoms with E-state index in [1.807, 2.05) is 0 Å². The Morgan fingerprint density at radius 1 is 0.941 bits per heavy atom. The van der Waals surface area contributed by atoms with Crippen LogP contribution < -0.4 is 0 Å². The van der Waals surface area contributed by atoms with E-state index in [-0.39, 0.29) is 0 Å². The maximum atomic E-state index is 3.45. The van der Waals surface area contributed by atoms with E-state index in [4.69, 9.17) is 0 Å². The molecule has 0 saturated carbocycles. The summed E-state index contributed by atoms with van der Waals surface area (Å²) in [7, 11) is 0. The summed E-state index contributed by atoms with van der Waals surface area (Å²) in [6.45, 7) is 4.36. The number of hydrogen-bond donors (Lipinski definition) is 1. The van der Waals surface area contributed by atoms with Gasteiger partial charge in [0.15, 0.2) is 0 Å². The van der Waals surface area contributed by atoms with Gasteiger partial charge >= 0.3 is 0 Å². The van der Waals surface area contributed by atoms with Crippen LogP contribution in [0.1, 0.15) is 19.4 Å². The van der Waals surface area contributed by atoms with E-state index in [1.54, 1.807) is 0 Å². The first kappa shape index (κ1) is 10.4. The van der Waals surface area contributed by atoms with Crippen LogP contribution in [0, 0.1) is 5.92 Å². The molecule has 3 rings (SSSR count). The van der Waals surface area contributed by atoms with Crippen LogP contribution in [0.2, 0.25) is 0 Å². The lowest BCUT2D eigenvalue weighted by atomic mass is 10.0. The van der Waals surface area contributed by atoms with E-state index in [1.165, 1.54) is 33.3 Å². The minimum absolute atomic E-state index is 1.06. The number of nitrogens with one attached hydrogen (secondary N) is 1. The van der Waals surface area contributed by atoms with Crippen molar-refractivity contribution in [1.82, 2.24) is 4.98 Å². The van der Waals surface area contributed by atoms with Gasteiger partial charge in [0, 0.05) is 21.8 Å². The molecule has 17 heavy (non-hydrogen) atoms. The molecule has 1 aromatic heterocycles. The number of para-hydroxylation sites is 1. The molecule has 3 aromatic rings. The molecule has 0 aliphatic carbocycles. The Morgan fingerprint density at radius 2 is 1.71 bits per heavy atom. The van der Waals surface area contributed by atoms with Crippen LogP contribution in [0.15, 0.2) is 42.5 Å². The Hall–Kier alpha value is -1.76. The number of aromatic amines is 1. The van der Waals surface area contributed by atoms with Gasteiger partial charge in [-0.25, -0.2) is 0 Å². The molecule has 0 bridgehead atoms. The first-order chi connectivity index (χ1) is 8.24. The molecule has 0 aliphatic heterocycles. The molecule has 1 radical (unpaired) electrons. The fourth-order valence-corrected chi connectivity index (χ4v) is 2.41. The van der Waals surface area contributed by atoms with Crippen molar-refractivity contribution >= 4 is 21.8 Å². The quantitative estimate of drug-likeness (QED) is 0.658. The zero-order chi connectivity index (χ0) is 11.8. The predicted octanol–water partition coefficient (Wildman–Crippen LogP) is 4.48. The topological polar surface area (TPSA) is 15.8 Å². The van der Waals surface area contributed by atoms with Gasteiger partial charge in [0.05, 0.1) is 0 Å². The Kier molecular flexibility index (Phi) is 2.40. The number of hydrogen-bond acceptors (Lipinski definition) is 0. The van der Waals surface area contributed by atoms with Gasteiger partial charge < -0.3 is 4.98 Å². The highest BCUT2D eigenvalue weighted by molar-refractivity contribution is 6.07. The van der Waals surface area contributed by atoms with E-state index in [0.29, 0.717) is 0 Å². The Balaban J connectivity index is 2.23. The second-order valence-electron chi connectivity index (χ2n) is 4.93. The van der Waals surface area contributed by atoms with Crippen LogP contribution in [-0.2, 0) is 6.42 Å². The average molecular weight is 222 g/mol. The number of rotatable bonds is 2. The van der Waals surface area contributed by atoms with Gasteiger partial charge in [-0.1, -0.05) is 38.1 Å². The van der Waals surface area contributed by atoms with Crippen molar-refractivity contribution in [1.29, 1.82) is 0 Å². The third-order valence-electron chi connectivity index (χ3n) is 3.13. The fourth-order valence-electron chi connectivity index (χ4n) is 2.41. The maximum absolute atomic E-state index is 3.45. The van der Waals surface area contributed by atoms with Gasteiger partial charge in [0.1, 0.15) is 0 Å². The lowest BCUT2D eigenvalue weighted by molar-refractivity contribution is 0.959. The molecule has 0 atom stereocenters. The van der Waals surface area contributed by atoms with E-state index >= 15 is 0 Å². The molecule has 1 nitrogen and oxygen atoms in total. The van der Waals surface area contributed by atoms with Gasteiger partial charge in [-0.2, -0.15) is 0 Å². The highest BCUT2D eigenvalue weighted by Gasteiger charge is 2.05. The van der Waals surface area contributed by atoms with Gasteiger partial charge in [-0.15, -0.1) is 0 Å². The highest BCUT2D eigenvalue weighted by atomic mass is 14.7. The Morgan fingerprint density at radius 3 is 2.53 bits per heavy atom. The lowest BCUT2D eigenvalue weighted by Gasteiger charge is -2.04. The van der Waals surface area contributed by atoms with Crippen LogP contribution in [-0.4, -0.2) is 4.98 Å². The fraction of sp³-hybridized carbons (Fsp3) is 0.188. The summed E-state index contributed by atoms with van der Waals surface area (Å²) in [6.07, 6.45) is 1.06. The summed E-state index contributed by atoms with van der Waals surface area (Å²) in [5, 5.41) is 2.65. The molecule has 0 aliphatic rings. The van der Waals surface area contributed by atoms with Crippen molar-refractivity contribution in [3.05, 3.63) is 53.9 Å². The molecule has 0 amide bonds. The molecule has 0 fully saturated rings. The number of H-pyrrole nitrogens is 1. The number of aromatic nitrogens is 1. The van der Waals surface area contributed by atoms with Crippen molar-refractivity contribution in [2.45, 2.75) is 20.3 Å². The second kappa shape index (κ2) is 3.92. The van der Waals surface area contributed by atoms with Gasteiger partial charge in [-0.3, -0.25) is 0 Å². The molecule has 1 heterocycles. The lowest BCUT2D eigenvalue weighted by Crippen LogP contribution is -1.90. The first-order valence-corrected chi connectivity index (χ1v) is 6.02. The summed E-state index contributed by atoms with van der Waals surface area (Å²) in [6, 6.07) is 15.2. The van der Waals surface area contributed by atoms with Crippen LogP contribution in [0.4, 0.5) is 0 Å². The number of benzene rings is 2. The van der Waals surface area contributed by atoms with Crippen molar-refractivity contribution in [3.8, 4) is 0 Å². The number of fused-ring (bicyclic) bond motifs is 3. The molecule has 1 N–H and O–H groups in total. The van der Waals surface area contributed by atoms with E-state index in [9.17, 15) is 0 Å². The van der Waals surface area contributed by atoms with Gasteiger partial charge in [0.2, 0.25) is 0 Å². The monoisotopic (exact) mass is 222 g/mol. The van der Waals surface area contributed by atoms with E-state index < -0.39 is 0 Å². The predicted molar refractivity (Wildman–Crippen MR) is 74.1 cm³/mol. The summed E-state index contributed by atoms with van der Waals surface area (Å²) in [5.74, 6) is 1.45. The van der Waals surface area contributed by atoms with Gasteiger partial charge in [-0.05, 0) is 36.1 Å². The van der Waals surface area contributed by atoms with Crippen LogP contribution in [0.5, 0.6) is 0 Å². The Bertz CT molecular complexity index is 661. The van der Waals surface area contributed by atoms with Crippen LogP contribution in [0.25, 0.3) is 21.8 Å². The molecule has 1 heteroatoms. The summed E-state index contributed by atoms with van der Waals surface area (Å²) < 4.78 is 0. The zero-order valence-corrected chi connectivity index (χ0v) is 10.2. The van der Waals surface area contributed by atoms with E-state index in [2.05, 4.69) is 61.3 Å². The molecule has 2 aromatic carbocycles. The SMILES string of the molecule is C[C](C)Cc1ccc2[nH]c3ccccc3c2c1. The largest absolute Gasteiger partial charge is 0.355 e. The van der Waals surface area contributed by atoms with Crippen molar-refractivity contribution < 1.29 is 0 Å². The normalized spacial score (nSPS) is 11.7. The van der Waals surface area contributed by atoms with Crippen molar-refractivity contribution in [2.24, 2.45) is 0 Å². The molecular weight excluding hydrogens is 206 g/mol. The maximum Gasteiger partial charge on any atom is 0.0465 e. The van der Waals surface area contributed by atoms with Crippen molar-refractivity contribution in [2.75, 3.05) is 0 Å². The summed E-state index contributed by atoms with van der Waals surface area (Å²) >= 11 is 0. The Labute approximate surface area is 101 Å². The third-order valence-corrected chi connectivity index (χ3v) is 3.13. The second-order valence-corrected chi connectivity index (χ2v) is 4.93. The minimum atomic E-state index is 1.06. The summed E-state index contributed by atoms with van der Waals surface area (Å²) in [5.41, 5.74) is 3.84. The molecule has 0 spiro atoms. The summed E-state index contributed by atoms with van der Waals surface area (Å²) in [4.78, 5) is 3.45. The van der Waals surface area contributed by atoms with E-state index in [0.717, 1.165) is 6.42 Å². The first-order valence-electron chi connectivity index (χ1n) is 6.02. The minimum Gasteiger partial charge on any atom is -0.355 e. The van der Waals surface area contributed by atoms with Crippen LogP contribution >= 0.6 is 0 Å². The van der Waals surface area contributed by atoms with Crippen LogP contribution in [0.3, 0.4) is 0 Å².